The van der Waals surface area contributed by atoms with Gasteiger partial charge in [-0.05, 0) is 44.9 Å². The van der Waals surface area contributed by atoms with Crippen LogP contribution in [0.5, 0.6) is 0 Å². The van der Waals surface area contributed by atoms with Crippen LogP contribution in [-0.2, 0) is 0 Å². The summed E-state index contributed by atoms with van der Waals surface area (Å²) in [7, 11) is 0. The van der Waals surface area contributed by atoms with E-state index in [0.29, 0.717) is 0 Å². The maximum absolute atomic E-state index is 10.6. The van der Waals surface area contributed by atoms with E-state index < -0.39 is 5.60 Å². The number of hydrogen-bond acceptors (Lipinski definition) is 3. The summed E-state index contributed by atoms with van der Waals surface area (Å²) in [6.45, 7) is 2.11. The Bertz CT molecular complexity index is 250. The highest BCUT2D eigenvalue weighted by atomic mass is 16.3. The fraction of sp³-hybridized carbons (Fsp3) is 1.00. The van der Waals surface area contributed by atoms with Crippen LogP contribution in [0.25, 0.3) is 0 Å². The van der Waals surface area contributed by atoms with E-state index in [4.69, 9.17) is 5.73 Å². The first-order valence-corrected chi connectivity index (χ1v) is 6.38. The SMILES string of the molecule is NC1(C2(O)CCN(C3CC3)CC2)CCC1. The van der Waals surface area contributed by atoms with Gasteiger partial charge in [-0.2, -0.15) is 0 Å². The minimum Gasteiger partial charge on any atom is -0.388 e. The molecular weight excluding hydrogens is 188 g/mol. The average molecular weight is 210 g/mol. The van der Waals surface area contributed by atoms with Gasteiger partial charge in [-0.25, -0.2) is 0 Å². The number of likely N-dealkylation sites (tertiary alicyclic amines) is 1. The maximum atomic E-state index is 10.6. The molecule has 2 aliphatic carbocycles. The minimum atomic E-state index is -0.559. The summed E-state index contributed by atoms with van der Waals surface area (Å²) in [6, 6.07) is 0.838. The Labute approximate surface area is 91.6 Å². The van der Waals surface area contributed by atoms with Gasteiger partial charge in [0.2, 0.25) is 0 Å². The molecule has 1 heterocycles. The zero-order valence-corrected chi connectivity index (χ0v) is 9.41. The number of aliphatic hydroxyl groups is 1. The zero-order chi connectivity index (χ0) is 10.5. The highest BCUT2D eigenvalue weighted by Gasteiger charge is 2.52. The molecule has 15 heavy (non-hydrogen) atoms. The van der Waals surface area contributed by atoms with Crippen molar-refractivity contribution in [3.63, 3.8) is 0 Å². The van der Waals surface area contributed by atoms with Crippen molar-refractivity contribution in [3.05, 3.63) is 0 Å². The summed E-state index contributed by atoms with van der Waals surface area (Å²) >= 11 is 0. The third-order valence-electron chi connectivity index (χ3n) is 4.86. The monoisotopic (exact) mass is 210 g/mol. The van der Waals surface area contributed by atoms with Crippen LogP contribution in [-0.4, -0.2) is 40.3 Å². The molecular formula is C12H22N2O. The van der Waals surface area contributed by atoms with Crippen molar-refractivity contribution in [1.29, 1.82) is 0 Å². The largest absolute Gasteiger partial charge is 0.388 e. The standard InChI is InChI=1S/C12H22N2O/c13-11(4-1-5-11)12(15)6-8-14(9-7-12)10-2-3-10/h10,15H,1-9,13H2. The average Bonchev–Trinajstić information content (AvgIpc) is 2.99. The van der Waals surface area contributed by atoms with E-state index in [9.17, 15) is 5.11 Å². The lowest BCUT2D eigenvalue weighted by molar-refractivity contribution is -0.108. The van der Waals surface area contributed by atoms with E-state index in [-0.39, 0.29) is 5.54 Å². The van der Waals surface area contributed by atoms with E-state index in [1.165, 1.54) is 19.3 Å². The molecule has 0 aromatic carbocycles. The molecule has 1 saturated heterocycles. The Balaban J connectivity index is 1.63. The maximum Gasteiger partial charge on any atom is 0.0850 e. The van der Waals surface area contributed by atoms with Crippen molar-refractivity contribution < 1.29 is 5.11 Å². The first-order chi connectivity index (χ1) is 7.13. The number of piperidine rings is 1. The molecule has 1 aliphatic heterocycles. The van der Waals surface area contributed by atoms with Gasteiger partial charge in [-0.3, -0.25) is 0 Å². The molecule has 0 aromatic heterocycles. The molecule has 0 amide bonds. The van der Waals surface area contributed by atoms with Gasteiger partial charge >= 0.3 is 0 Å². The van der Waals surface area contributed by atoms with Gasteiger partial charge in [-0.15, -0.1) is 0 Å². The highest BCUT2D eigenvalue weighted by Crippen LogP contribution is 2.45. The Kier molecular flexibility index (Phi) is 2.14. The van der Waals surface area contributed by atoms with E-state index in [1.54, 1.807) is 0 Å². The van der Waals surface area contributed by atoms with Gasteiger partial charge in [0.1, 0.15) is 0 Å². The highest BCUT2D eigenvalue weighted by molar-refractivity contribution is 5.10. The van der Waals surface area contributed by atoms with Crippen LogP contribution in [0.3, 0.4) is 0 Å². The smallest absolute Gasteiger partial charge is 0.0850 e. The van der Waals surface area contributed by atoms with Crippen molar-refractivity contribution >= 4 is 0 Å². The lowest BCUT2D eigenvalue weighted by Crippen LogP contribution is -2.67. The third kappa shape index (κ3) is 1.52. The summed E-state index contributed by atoms with van der Waals surface area (Å²) in [5.74, 6) is 0. The molecule has 3 aliphatic rings. The Hall–Kier alpha value is -0.120. The molecule has 3 fully saturated rings. The summed E-state index contributed by atoms with van der Waals surface area (Å²) in [6.07, 6.45) is 7.75. The second-order valence-electron chi connectivity index (χ2n) is 5.81. The van der Waals surface area contributed by atoms with Gasteiger partial charge in [-0.1, -0.05) is 0 Å². The first kappa shape index (κ1) is 10.1. The fourth-order valence-electron chi connectivity index (χ4n) is 3.22. The van der Waals surface area contributed by atoms with Crippen LogP contribution in [0.4, 0.5) is 0 Å². The summed E-state index contributed by atoms with van der Waals surface area (Å²) in [5.41, 5.74) is 5.47. The van der Waals surface area contributed by atoms with E-state index >= 15 is 0 Å². The van der Waals surface area contributed by atoms with Crippen molar-refractivity contribution in [2.24, 2.45) is 5.73 Å². The zero-order valence-electron chi connectivity index (χ0n) is 9.41. The molecule has 86 valence electrons. The molecule has 2 saturated carbocycles. The predicted molar refractivity (Wildman–Crippen MR) is 59.5 cm³/mol. The molecule has 0 bridgehead atoms. The van der Waals surface area contributed by atoms with Gasteiger partial charge in [0, 0.05) is 24.7 Å². The summed E-state index contributed by atoms with van der Waals surface area (Å²) in [5, 5.41) is 10.6. The molecule has 3 rings (SSSR count). The third-order valence-corrected chi connectivity index (χ3v) is 4.86. The first-order valence-electron chi connectivity index (χ1n) is 6.38. The van der Waals surface area contributed by atoms with Gasteiger partial charge < -0.3 is 15.7 Å². The second kappa shape index (κ2) is 3.19. The van der Waals surface area contributed by atoms with E-state index in [2.05, 4.69) is 4.90 Å². The molecule has 0 spiro atoms. The fourth-order valence-corrected chi connectivity index (χ4v) is 3.22. The Morgan fingerprint density at radius 3 is 2.07 bits per heavy atom. The lowest BCUT2D eigenvalue weighted by atomic mass is 9.62. The predicted octanol–water partition coefficient (Wildman–Crippen LogP) is 0.857. The molecule has 0 atom stereocenters. The topological polar surface area (TPSA) is 49.5 Å². The Morgan fingerprint density at radius 1 is 1.07 bits per heavy atom. The number of nitrogens with zero attached hydrogens (tertiary/aromatic N) is 1. The second-order valence-corrected chi connectivity index (χ2v) is 5.81. The van der Waals surface area contributed by atoms with Crippen molar-refractivity contribution in [1.82, 2.24) is 4.90 Å². The van der Waals surface area contributed by atoms with Crippen LogP contribution in [0, 0.1) is 0 Å². The van der Waals surface area contributed by atoms with Crippen LogP contribution in [0.2, 0.25) is 0 Å². The van der Waals surface area contributed by atoms with Gasteiger partial charge in [0.15, 0.2) is 0 Å². The van der Waals surface area contributed by atoms with Crippen LogP contribution in [0.15, 0.2) is 0 Å². The molecule has 0 radical (unpaired) electrons. The normalized spacial score (nSPS) is 34.8. The van der Waals surface area contributed by atoms with E-state index in [0.717, 1.165) is 44.8 Å². The number of nitrogens with two attached hydrogens (primary N) is 1. The summed E-state index contributed by atoms with van der Waals surface area (Å²) in [4.78, 5) is 2.54. The molecule has 0 aromatic rings. The Morgan fingerprint density at radius 2 is 1.67 bits per heavy atom. The molecule has 3 nitrogen and oxygen atoms in total. The van der Waals surface area contributed by atoms with Crippen LogP contribution >= 0.6 is 0 Å². The van der Waals surface area contributed by atoms with Crippen LogP contribution in [0.1, 0.15) is 44.9 Å². The quantitative estimate of drug-likeness (QED) is 0.710. The molecule has 0 unspecified atom stereocenters. The van der Waals surface area contributed by atoms with E-state index in [1.807, 2.05) is 0 Å². The van der Waals surface area contributed by atoms with Gasteiger partial charge in [0.25, 0.3) is 0 Å². The lowest BCUT2D eigenvalue weighted by Gasteiger charge is -2.54. The molecule has 3 N–H and O–H groups in total. The van der Waals surface area contributed by atoms with Gasteiger partial charge in [0.05, 0.1) is 5.60 Å². The number of rotatable bonds is 2. The van der Waals surface area contributed by atoms with Crippen molar-refractivity contribution in [2.75, 3.05) is 13.1 Å². The minimum absolute atomic E-state index is 0.247. The summed E-state index contributed by atoms with van der Waals surface area (Å²) < 4.78 is 0. The number of hydrogen-bond donors (Lipinski definition) is 2. The van der Waals surface area contributed by atoms with Crippen LogP contribution < -0.4 is 5.73 Å². The van der Waals surface area contributed by atoms with Crippen molar-refractivity contribution in [2.45, 2.75) is 62.1 Å². The molecule has 3 heteroatoms. The van der Waals surface area contributed by atoms with Crippen molar-refractivity contribution in [3.8, 4) is 0 Å².